The van der Waals surface area contributed by atoms with Crippen molar-refractivity contribution in [2.24, 2.45) is 0 Å². The third-order valence-corrected chi connectivity index (χ3v) is 2.91. The molecule has 0 aliphatic heterocycles. The maximum absolute atomic E-state index is 14.2. The fraction of sp³-hybridized carbons (Fsp3) is 0.500. The average Bonchev–Trinajstić information content (AvgIpc) is 2.50. The van der Waals surface area contributed by atoms with Gasteiger partial charge in [-0.15, -0.1) is 0 Å². The molecule has 1 aromatic rings. The Labute approximate surface area is 123 Å². The lowest BCUT2D eigenvalue weighted by Gasteiger charge is -2.15. The Morgan fingerprint density at radius 1 is 1.19 bits per heavy atom. The number of methoxy groups -OCH3 is 4. The van der Waals surface area contributed by atoms with Crippen molar-refractivity contribution in [3.8, 4) is 11.5 Å². The van der Waals surface area contributed by atoms with Gasteiger partial charge in [-0.2, -0.15) is 0 Å². The number of rotatable bonds is 8. The van der Waals surface area contributed by atoms with Crippen LogP contribution in [-0.2, 0) is 20.7 Å². The van der Waals surface area contributed by atoms with E-state index in [1.54, 1.807) is 6.07 Å². The van der Waals surface area contributed by atoms with E-state index in [-0.39, 0.29) is 35.9 Å². The van der Waals surface area contributed by atoms with E-state index >= 15 is 0 Å². The van der Waals surface area contributed by atoms with Crippen molar-refractivity contribution in [3.05, 3.63) is 23.5 Å². The summed E-state index contributed by atoms with van der Waals surface area (Å²) in [6, 6.07) is 3.04. The molecule has 0 aromatic heterocycles. The summed E-state index contributed by atoms with van der Waals surface area (Å²) in [5.41, 5.74) is 0.219. The first-order chi connectivity index (χ1) is 10.1. The van der Waals surface area contributed by atoms with Gasteiger partial charge in [0.1, 0.15) is 0 Å². The van der Waals surface area contributed by atoms with E-state index in [0.29, 0.717) is 0 Å². The van der Waals surface area contributed by atoms with Gasteiger partial charge in [0, 0.05) is 19.8 Å². The first-order valence-corrected chi connectivity index (χ1v) is 6.29. The molecule has 21 heavy (non-hydrogen) atoms. The number of hydrogen-bond acceptors (Lipinski definition) is 5. The summed E-state index contributed by atoms with van der Waals surface area (Å²) >= 11 is 0. The Balaban J connectivity index is 2.72. The van der Waals surface area contributed by atoms with Gasteiger partial charge in [0.2, 0.25) is 5.91 Å². The third kappa shape index (κ3) is 4.57. The van der Waals surface area contributed by atoms with Crippen molar-refractivity contribution in [1.82, 2.24) is 5.32 Å². The molecule has 0 aliphatic carbocycles. The molecule has 0 aliphatic rings. The molecule has 6 nitrogen and oxygen atoms in total. The Hall–Kier alpha value is -1.86. The number of carbonyl (C=O) groups is 1. The van der Waals surface area contributed by atoms with Crippen LogP contribution < -0.4 is 14.8 Å². The maximum Gasteiger partial charge on any atom is 0.224 e. The second-order valence-electron chi connectivity index (χ2n) is 4.16. The van der Waals surface area contributed by atoms with Crippen LogP contribution in [0.5, 0.6) is 11.5 Å². The van der Waals surface area contributed by atoms with E-state index < -0.39 is 12.1 Å². The Morgan fingerprint density at radius 3 is 2.38 bits per heavy atom. The molecule has 0 saturated carbocycles. The van der Waals surface area contributed by atoms with Gasteiger partial charge >= 0.3 is 0 Å². The van der Waals surface area contributed by atoms with Crippen LogP contribution in [0.4, 0.5) is 4.39 Å². The Morgan fingerprint density at radius 2 is 1.86 bits per heavy atom. The molecular weight excluding hydrogens is 281 g/mol. The second kappa shape index (κ2) is 8.43. The molecule has 7 heteroatoms. The van der Waals surface area contributed by atoms with Crippen molar-refractivity contribution in [2.45, 2.75) is 12.7 Å². The van der Waals surface area contributed by atoms with E-state index in [1.807, 2.05) is 0 Å². The first-order valence-electron chi connectivity index (χ1n) is 6.29. The number of carbonyl (C=O) groups excluding carboxylic acids is 1. The van der Waals surface area contributed by atoms with Gasteiger partial charge in [0.05, 0.1) is 27.2 Å². The van der Waals surface area contributed by atoms with Crippen LogP contribution in [0.1, 0.15) is 5.56 Å². The summed E-state index contributed by atoms with van der Waals surface area (Å²) < 4.78 is 34.0. The molecule has 0 bridgehead atoms. The maximum atomic E-state index is 14.2. The summed E-state index contributed by atoms with van der Waals surface area (Å²) in [5, 5.41) is 2.60. The molecule has 0 heterocycles. The van der Waals surface area contributed by atoms with Crippen molar-refractivity contribution < 1.29 is 28.1 Å². The summed E-state index contributed by atoms with van der Waals surface area (Å²) in [5.74, 6) is -0.699. The molecule has 0 spiro atoms. The van der Waals surface area contributed by atoms with Crippen LogP contribution in [-0.4, -0.2) is 47.2 Å². The van der Waals surface area contributed by atoms with Gasteiger partial charge in [-0.05, 0) is 6.07 Å². The zero-order valence-electron chi connectivity index (χ0n) is 12.6. The highest BCUT2D eigenvalue weighted by molar-refractivity contribution is 5.78. The summed E-state index contributed by atoms with van der Waals surface area (Å²) in [6.45, 7) is 0.181. The van der Waals surface area contributed by atoms with E-state index in [9.17, 15) is 9.18 Å². The highest BCUT2D eigenvalue weighted by Crippen LogP contribution is 2.32. The lowest BCUT2D eigenvalue weighted by Crippen LogP contribution is -2.35. The normalized spacial score (nSPS) is 10.6. The molecule has 1 amide bonds. The topological polar surface area (TPSA) is 66.0 Å². The largest absolute Gasteiger partial charge is 0.493 e. The van der Waals surface area contributed by atoms with Crippen molar-refractivity contribution in [2.75, 3.05) is 35.0 Å². The number of ether oxygens (including phenoxy) is 4. The van der Waals surface area contributed by atoms with Gasteiger partial charge in [-0.25, -0.2) is 4.39 Å². The predicted molar refractivity (Wildman–Crippen MR) is 74.0 cm³/mol. The first kappa shape index (κ1) is 17.2. The van der Waals surface area contributed by atoms with Crippen LogP contribution in [0.2, 0.25) is 0 Å². The molecule has 0 unspecified atom stereocenters. The summed E-state index contributed by atoms with van der Waals surface area (Å²) in [6.07, 6.45) is -0.656. The third-order valence-electron chi connectivity index (χ3n) is 2.91. The minimum Gasteiger partial charge on any atom is -0.493 e. The summed E-state index contributed by atoms with van der Waals surface area (Å²) in [4.78, 5) is 11.8. The average molecular weight is 301 g/mol. The van der Waals surface area contributed by atoms with E-state index in [0.717, 1.165) is 0 Å². The van der Waals surface area contributed by atoms with Crippen LogP contribution in [0.25, 0.3) is 0 Å². The Kier molecular flexibility index (Phi) is 6.90. The quantitative estimate of drug-likeness (QED) is 0.729. The number of nitrogens with one attached hydrogen (secondary N) is 1. The fourth-order valence-electron chi connectivity index (χ4n) is 1.76. The molecule has 1 aromatic carbocycles. The van der Waals surface area contributed by atoms with Crippen molar-refractivity contribution >= 4 is 5.91 Å². The molecule has 0 fully saturated rings. The standard InChI is InChI=1S/C14H20FNO5/c1-18-10-6-5-9(13(15)14(10)21-4)7-11(17)16-8-12(19-2)20-3/h5-6,12H,7-8H2,1-4H3,(H,16,17). The van der Waals surface area contributed by atoms with Gasteiger partial charge in [-0.1, -0.05) is 6.07 Å². The van der Waals surface area contributed by atoms with Gasteiger partial charge in [0.25, 0.3) is 0 Å². The highest BCUT2D eigenvalue weighted by Gasteiger charge is 2.17. The number of halogens is 1. The van der Waals surface area contributed by atoms with E-state index in [1.165, 1.54) is 34.5 Å². The minimum atomic E-state index is -0.609. The minimum absolute atomic E-state index is 0.0190. The predicted octanol–water partition coefficient (Wildman–Crippen LogP) is 1.12. The highest BCUT2D eigenvalue weighted by atomic mass is 19.1. The monoisotopic (exact) mass is 301 g/mol. The van der Waals surface area contributed by atoms with Crippen molar-refractivity contribution in [1.29, 1.82) is 0 Å². The van der Waals surface area contributed by atoms with Crippen LogP contribution in [0, 0.1) is 5.82 Å². The number of benzene rings is 1. The molecular formula is C14H20FNO5. The molecule has 0 atom stereocenters. The second-order valence-corrected chi connectivity index (χ2v) is 4.16. The van der Waals surface area contributed by atoms with Crippen LogP contribution in [0.15, 0.2) is 12.1 Å². The molecule has 0 radical (unpaired) electrons. The van der Waals surface area contributed by atoms with Gasteiger partial charge in [0.15, 0.2) is 23.6 Å². The Bertz CT molecular complexity index is 477. The summed E-state index contributed by atoms with van der Waals surface area (Å²) in [7, 11) is 5.69. The zero-order chi connectivity index (χ0) is 15.8. The van der Waals surface area contributed by atoms with Crippen molar-refractivity contribution in [3.63, 3.8) is 0 Å². The van der Waals surface area contributed by atoms with Gasteiger partial charge in [-0.3, -0.25) is 4.79 Å². The molecule has 1 N–H and O–H groups in total. The lowest BCUT2D eigenvalue weighted by atomic mass is 10.1. The smallest absolute Gasteiger partial charge is 0.224 e. The van der Waals surface area contributed by atoms with E-state index in [2.05, 4.69) is 5.32 Å². The number of hydrogen-bond donors (Lipinski definition) is 1. The SMILES string of the molecule is COc1ccc(CC(=O)NCC(OC)OC)c(F)c1OC. The van der Waals surface area contributed by atoms with E-state index in [4.69, 9.17) is 18.9 Å². The molecule has 118 valence electrons. The molecule has 1 rings (SSSR count). The molecule has 0 saturated heterocycles. The fourth-order valence-corrected chi connectivity index (χ4v) is 1.76. The van der Waals surface area contributed by atoms with Gasteiger partial charge < -0.3 is 24.3 Å². The lowest BCUT2D eigenvalue weighted by molar-refractivity contribution is -0.126. The zero-order valence-corrected chi connectivity index (χ0v) is 12.6. The number of amides is 1. The van der Waals surface area contributed by atoms with Crippen LogP contribution >= 0.6 is 0 Å². The van der Waals surface area contributed by atoms with Crippen LogP contribution in [0.3, 0.4) is 0 Å².